The number of aromatic nitrogens is 2. The summed E-state index contributed by atoms with van der Waals surface area (Å²) < 4.78 is 1.85. The summed E-state index contributed by atoms with van der Waals surface area (Å²) in [5, 5.41) is 7.86. The molecule has 0 aliphatic rings. The molecule has 116 valence electrons. The molecule has 1 amide bonds. The lowest BCUT2D eigenvalue weighted by Crippen LogP contribution is -2.08. The Morgan fingerprint density at radius 1 is 1.27 bits per heavy atom. The van der Waals surface area contributed by atoms with Crippen LogP contribution in [0.4, 0.5) is 5.69 Å². The summed E-state index contributed by atoms with van der Waals surface area (Å²) in [4.78, 5) is 12.0. The highest BCUT2D eigenvalue weighted by molar-refractivity contribution is 6.44. The molecule has 0 unspecified atom stereocenters. The molecule has 0 atom stereocenters. The van der Waals surface area contributed by atoms with Gasteiger partial charge in [-0.05, 0) is 32.1 Å². The van der Waals surface area contributed by atoms with Gasteiger partial charge in [0.05, 0.1) is 27.0 Å². The minimum atomic E-state index is -0.316. The van der Waals surface area contributed by atoms with Crippen LogP contribution in [-0.2, 0) is 11.3 Å². The first kappa shape index (κ1) is 16.9. The highest BCUT2D eigenvalue weighted by Crippen LogP contribution is 2.32. The average Bonchev–Trinajstić information content (AvgIpc) is 2.83. The molecule has 0 radical (unpaired) electrons. The van der Waals surface area contributed by atoms with Crippen LogP contribution in [0.3, 0.4) is 0 Å². The first-order valence-electron chi connectivity index (χ1n) is 6.58. The third-order valence-electron chi connectivity index (χ3n) is 3.12. The predicted octanol–water partition coefficient (Wildman–Crippen LogP) is 4.82. The Hall–Kier alpha value is -1.49. The fourth-order valence-electron chi connectivity index (χ4n) is 1.90. The second-order valence-corrected chi connectivity index (χ2v) is 5.79. The molecule has 0 aliphatic carbocycles. The van der Waals surface area contributed by atoms with E-state index in [1.165, 1.54) is 18.2 Å². The quantitative estimate of drug-likeness (QED) is 0.629. The lowest BCUT2D eigenvalue weighted by atomic mass is 10.2. The molecule has 22 heavy (non-hydrogen) atoms. The van der Waals surface area contributed by atoms with E-state index in [1.807, 2.05) is 18.5 Å². The lowest BCUT2D eigenvalue weighted by molar-refractivity contribution is -0.111. The minimum absolute atomic E-state index is 0.316. The monoisotopic (exact) mass is 357 g/mol. The summed E-state index contributed by atoms with van der Waals surface area (Å²) >= 11 is 17.8. The molecule has 1 heterocycles. The fourth-order valence-corrected chi connectivity index (χ4v) is 2.50. The van der Waals surface area contributed by atoms with Gasteiger partial charge < -0.3 is 5.32 Å². The van der Waals surface area contributed by atoms with Gasteiger partial charge in [-0.1, -0.05) is 34.8 Å². The van der Waals surface area contributed by atoms with E-state index in [-0.39, 0.29) is 5.91 Å². The van der Waals surface area contributed by atoms with Crippen molar-refractivity contribution >= 4 is 52.5 Å². The number of aryl methyl sites for hydroxylation is 1. The summed E-state index contributed by atoms with van der Waals surface area (Å²) in [6.45, 7) is 4.74. The summed E-state index contributed by atoms with van der Waals surface area (Å²) in [6.07, 6.45) is 4.84. The van der Waals surface area contributed by atoms with Gasteiger partial charge >= 0.3 is 0 Å². The predicted molar refractivity (Wildman–Crippen MR) is 91.8 cm³/mol. The molecule has 2 aromatic rings. The maximum Gasteiger partial charge on any atom is 0.248 e. The Labute approximate surface area is 143 Å². The Balaban J connectivity index is 2.11. The first-order valence-corrected chi connectivity index (χ1v) is 7.71. The van der Waals surface area contributed by atoms with Crippen LogP contribution in [0.2, 0.25) is 15.1 Å². The second kappa shape index (κ2) is 7.18. The van der Waals surface area contributed by atoms with Crippen molar-refractivity contribution in [1.82, 2.24) is 9.78 Å². The summed E-state index contributed by atoms with van der Waals surface area (Å²) in [7, 11) is 0. The number of nitrogens with one attached hydrogen (secondary N) is 1. The number of hydrogen-bond donors (Lipinski definition) is 1. The highest BCUT2D eigenvalue weighted by atomic mass is 35.5. The summed E-state index contributed by atoms with van der Waals surface area (Å²) in [6, 6.07) is 3.00. The zero-order valence-electron chi connectivity index (χ0n) is 12.0. The number of hydrogen-bond acceptors (Lipinski definition) is 2. The van der Waals surface area contributed by atoms with Crippen molar-refractivity contribution in [1.29, 1.82) is 0 Å². The SMILES string of the molecule is CCn1ncc(C=CC(=O)Nc2cc(Cl)c(Cl)cc2Cl)c1C. The van der Waals surface area contributed by atoms with E-state index in [9.17, 15) is 4.79 Å². The van der Waals surface area contributed by atoms with Crippen molar-refractivity contribution in [2.75, 3.05) is 5.32 Å². The van der Waals surface area contributed by atoms with E-state index < -0.39 is 0 Å². The van der Waals surface area contributed by atoms with E-state index in [0.717, 1.165) is 17.8 Å². The fraction of sp³-hybridized carbons (Fsp3) is 0.200. The molecule has 2 rings (SSSR count). The highest BCUT2D eigenvalue weighted by Gasteiger charge is 2.08. The van der Waals surface area contributed by atoms with Gasteiger partial charge in [-0.25, -0.2) is 0 Å². The molecule has 7 heteroatoms. The Kier molecular flexibility index (Phi) is 5.51. The maximum absolute atomic E-state index is 12.0. The molecule has 1 N–H and O–H groups in total. The lowest BCUT2D eigenvalue weighted by Gasteiger charge is -2.06. The smallest absolute Gasteiger partial charge is 0.248 e. The molecular formula is C15H14Cl3N3O. The number of nitrogens with zero attached hydrogens (tertiary/aromatic N) is 2. The van der Waals surface area contributed by atoms with Gasteiger partial charge in [0.2, 0.25) is 5.91 Å². The molecule has 4 nitrogen and oxygen atoms in total. The Morgan fingerprint density at radius 2 is 1.95 bits per heavy atom. The van der Waals surface area contributed by atoms with E-state index in [4.69, 9.17) is 34.8 Å². The number of halogens is 3. The van der Waals surface area contributed by atoms with Gasteiger partial charge in [-0.2, -0.15) is 5.10 Å². The minimum Gasteiger partial charge on any atom is -0.321 e. The van der Waals surface area contributed by atoms with E-state index >= 15 is 0 Å². The third kappa shape index (κ3) is 3.83. The van der Waals surface area contributed by atoms with Crippen molar-refractivity contribution in [3.8, 4) is 0 Å². The third-order valence-corrected chi connectivity index (χ3v) is 4.16. The van der Waals surface area contributed by atoms with Gasteiger partial charge in [-0.3, -0.25) is 9.48 Å². The van der Waals surface area contributed by atoms with Crippen LogP contribution >= 0.6 is 34.8 Å². The van der Waals surface area contributed by atoms with Crippen LogP contribution in [0.25, 0.3) is 6.08 Å². The molecule has 1 aromatic heterocycles. The zero-order chi connectivity index (χ0) is 16.3. The molecule has 1 aromatic carbocycles. The van der Waals surface area contributed by atoms with Crippen molar-refractivity contribution in [2.45, 2.75) is 20.4 Å². The number of carbonyl (C=O) groups excluding carboxylic acids is 1. The normalized spacial score (nSPS) is 11.1. The topological polar surface area (TPSA) is 46.9 Å². The molecular weight excluding hydrogens is 345 g/mol. The van der Waals surface area contributed by atoms with Gasteiger partial charge in [0, 0.05) is 23.9 Å². The molecule has 0 spiro atoms. The van der Waals surface area contributed by atoms with Crippen LogP contribution in [0.15, 0.2) is 24.4 Å². The average molecular weight is 359 g/mol. The van der Waals surface area contributed by atoms with Gasteiger partial charge in [0.25, 0.3) is 0 Å². The number of carbonyl (C=O) groups is 1. The van der Waals surface area contributed by atoms with Crippen LogP contribution in [0, 0.1) is 6.92 Å². The number of anilines is 1. The Bertz CT molecular complexity index is 738. The second-order valence-electron chi connectivity index (χ2n) is 4.57. The van der Waals surface area contributed by atoms with Gasteiger partial charge in [0.1, 0.15) is 0 Å². The van der Waals surface area contributed by atoms with Gasteiger partial charge in [0.15, 0.2) is 0 Å². The zero-order valence-corrected chi connectivity index (χ0v) is 14.3. The molecule has 0 aliphatic heterocycles. The molecule has 0 fully saturated rings. The van der Waals surface area contributed by atoms with Crippen LogP contribution < -0.4 is 5.32 Å². The van der Waals surface area contributed by atoms with Crippen molar-refractivity contribution in [3.05, 3.63) is 50.7 Å². The van der Waals surface area contributed by atoms with Gasteiger partial charge in [-0.15, -0.1) is 0 Å². The van der Waals surface area contributed by atoms with Crippen LogP contribution in [0.5, 0.6) is 0 Å². The number of benzene rings is 1. The number of rotatable bonds is 4. The van der Waals surface area contributed by atoms with Crippen molar-refractivity contribution < 1.29 is 4.79 Å². The molecule has 0 bridgehead atoms. The van der Waals surface area contributed by atoms with E-state index in [0.29, 0.717) is 20.8 Å². The first-order chi connectivity index (χ1) is 10.4. The largest absolute Gasteiger partial charge is 0.321 e. The van der Waals surface area contributed by atoms with E-state index in [1.54, 1.807) is 12.3 Å². The summed E-state index contributed by atoms with van der Waals surface area (Å²) in [5.41, 5.74) is 2.29. The Morgan fingerprint density at radius 3 is 2.59 bits per heavy atom. The van der Waals surface area contributed by atoms with E-state index in [2.05, 4.69) is 10.4 Å². The van der Waals surface area contributed by atoms with Crippen LogP contribution in [0.1, 0.15) is 18.2 Å². The molecule has 0 saturated heterocycles. The van der Waals surface area contributed by atoms with Crippen molar-refractivity contribution in [2.24, 2.45) is 0 Å². The molecule has 0 saturated carbocycles. The summed E-state index contributed by atoms with van der Waals surface area (Å²) in [5.74, 6) is -0.316. The van der Waals surface area contributed by atoms with Crippen LogP contribution in [-0.4, -0.2) is 15.7 Å². The number of amides is 1. The van der Waals surface area contributed by atoms with Crippen molar-refractivity contribution in [3.63, 3.8) is 0 Å². The standard InChI is InChI=1S/C15H14Cl3N3O/c1-3-21-9(2)10(8-19-21)4-5-15(22)20-14-7-12(17)11(16)6-13(14)18/h4-8H,3H2,1-2H3,(H,20,22). The maximum atomic E-state index is 12.0.